The van der Waals surface area contributed by atoms with Crippen LogP contribution in [0.4, 0.5) is 0 Å². The lowest BCUT2D eigenvalue weighted by Crippen LogP contribution is -2.62. The zero-order valence-electron chi connectivity index (χ0n) is 23.4. The van der Waals surface area contributed by atoms with Crippen LogP contribution in [0, 0.1) is 0 Å². The molecule has 1 heterocycles. The molecule has 198 valence electrons. The number of nitrogens with zero attached hydrogens (tertiary/aromatic N) is 2. The summed E-state index contributed by atoms with van der Waals surface area (Å²) in [6, 6.07) is 0. The van der Waals surface area contributed by atoms with Gasteiger partial charge in [0.1, 0.15) is 6.54 Å². The minimum Gasteiger partial charge on any atom is -0.307 e. The predicted molar refractivity (Wildman–Crippen MR) is 149 cm³/mol. The Kier molecular flexibility index (Phi) is 18.2. The summed E-state index contributed by atoms with van der Waals surface area (Å²) >= 11 is 0. The van der Waals surface area contributed by atoms with E-state index in [2.05, 4.69) is 38.2 Å². The van der Waals surface area contributed by atoms with Gasteiger partial charge in [-0.3, -0.25) is 9.28 Å². The van der Waals surface area contributed by atoms with Gasteiger partial charge in [0.05, 0.1) is 13.1 Å². The normalized spacial score (nSPS) is 19.0. The Morgan fingerprint density at radius 1 is 0.853 bits per heavy atom. The maximum absolute atomic E-state index is 11.6. The second-order valence-corrected chi connectivity index (χ2v) is 10.5. The lowest BCUT2D eigenvalue weighted by molar-refractivity contribution is -0.861. The second kappa shape index (κ2) is 20.1. The second-order valence-electron chi connectivity index (χ2n) is 10.5. The van der Waals surface area contributed by atoms with Gasteiger partial charge in [0.2, 0.25) is 5.91 Å². The molecule has 1 aliphatic heterocycles. The Bertz CT molecular complexity index is 571. The van der Waals surface area contributed by atoms with Gasteiger partial charge in [-0.15, -0.1) is 0 Å². The molecule has 0 fully saturated rings. The van der Waals surface area contributed by atoms with E-state index in [1.807, 2.05) is 0 Å². The van der Waals surface area contributed by atoms with Gasteiger partial charge in [-0.1, -0.05) is 96.1 Å². The summed E-state index contributed by atoms with van der Waals surface area (Å²) in [5.41, 5.74) is 0. The maximum Gasteiger partial charge on any atom is 0.221 e. The molecule has 1 aliphatic rings. The molecule has 0 radical (unpaired) electrons. The van der Waals surface area contributed by atoms with Gasteiger partial charge in [-0.25, -0.2) is 4.99 Å². The average Bonchev–Trinajstić information content (AvgIpc) is 3.24. The smallest absolute Gasteiger partial charge is 0.221 e. The van der Waals surface area contributed by atoms with Crippen molar-refractivity contribution in [3.05, 3.63) is 12.2 Å². The molecular weight excluding hydrogens is 418 g/mol. The lowest BCUT2D eigenvalue weighted by atomic mass is 10.1. The van der Waals surface area contributed by atoms with E-state index in [0.29, 0.717) is 0 Å². The molecule has 0 saturated heterocycles. The van der Waals surface area contributed by atoms with Crippen LogP contribution in [0.5, 0.6) is 0 Å². The molecule has 0 aromatic heterocycles. The van der Waals surface area contributed by atoms with Crippen LogP contribution in [0.3, 0.4) is 0 Å². The number of hydrogen-bond donors (Lipinski definition) is 1. The summed E-state index contributed by atoms with van der Waals surface area (Å²) in [7, 11) is 0. The first-order valence-electron chi connectivity index (χ1n) is 14.9. The molecule has 0 aromatic rings. The SMILES string of the molecule is CCCCCCCCC/C=C/CCCCCCCCCCC1=NCC[N+]1(CC)C(C)NC(C)=O. The Morgan fingerprint density at radius 2 is 1.35 bits per heavy atom. The van der Waals surface area contributed by atoms with Crippen LogP contribution >= 0.6 is 0 Å². The summed E-state index contributed by atoms with van der Waals surface area (Å²) in [5, 5.41) is 3.12. The standard InChI is InChI=1S/C30H57N3O/c1-5-7-8-9-10-11-12-13-14-15-16-17-18-19-20-21-22-23-24-25-30-31-26-27-33(30,6-2)28(3)32-29(4)34/h14-15,28H,5-13,16-27H2,1-4H3/p+1/b15-14+. The number of aliphatic imine (C=N–C) groups is 1. The highest BCUT2D eigenvalue weighted by atomic mass is 16.1. The van der Waals surface area contributed by atoms with E-state index >= 15 is 0 Å². The van der Waals surface area contributed by atoms with Crippen molar-refractivity contribution in [3.63, 3.8) is 0 Å². The highest BCUT2D eigenvalue weighted by Crippen LogP contribution is 2.23. The van der Waals surface area contributed by atoms with Crippen LogP contribution in [0.1, 0.15) is 143 Å². The molecule has 1 rings (SSSR count). The van der Waals surface area contributed by atoms with Crippen LogP contribution in [0.2, 0.25) is 0 Å². The van der Waals surface area contributed by atoms with Gasteiger partial charge < -0.3 is 5.32 Å². The third kappa shape index (κ3) is 13.1. The predicted octanol–water partition coefficient (Wildman–Crippen LogP) is 8.32. The molecule has 0 saturated carbocycles. The highest BCUT2D eigenvalue weighted by molar-refractivity contribution is 5.78. The fourth-order valence-corrected chi connectivity index (χ4v) is 5.44. The van der Waals surface area contributed by atoms with E-state index in [0.717, 1.165) is 30.5 Å². The third-order valence-electron chi connectivity index (χ3n) is 7.69. The van der Waals surface area contributed by atoms with E-state index in [1.165, 1.54) is 115 Å². The van der Waals surface area contributed by atoms with Gasteiger partial charge >= 0.3 is 0 Å². The minimum absolute atomic E-state index is 0.0595. The summed E-state index contributed by atoms with van der Waals surface area (Å²) in [4.78, 5) is 16.4. The van der Waals surface area contributed by atoms with Crippen LogP contribution in [-0.4, -0.2) is 42.0 Å². The van der Waals surface area contributed by atoms with Crippen molar-refractivity contribution in [2.45, 2.75) is 149 Å². The van der Waals surface area contributed by atoms with Crippen molar-refractivity contribution >= 4 is 11.7 Å². The Hall–Kier alpha value is -1.16. The van der Waals surface area contributed by atoms with Crippen molar-refractivity contribution in [1.29, 1.82) is 0 Å². The first-order valence-corrected chi connectivity index (χ1v) is 14.9. The van der Waals surface area contributed by atoms with E-state index in [4.69, 9.17) is 4.99 Å². The number of carbonyl (C=O) groups excluding carboxylic acids is 1. The van der Waals surface area contributed by atoms with Crippen LogP contribution < -0.4 is 5.32 Å². The fourth-order valence-electron chi connectivity index (χ4n) is 5.44. The fraction of sp³-hybridized carbons (Fsp3) is 0.867. The van der Waals surface area contributed by atoms with Crippen molar-refractivity contribution < 1.29 is 9.28 Å². The summed E-state index contributed by atoms with van der Waals surface area (Å²) in [6.45, 7) is 11.2. The summed E-state index contributed by atoms with van der Waals surface area (Å²) in [5.74, 6) is 1.37. The molecule has 1 amide bonds. The van der Waals surface area contributed by atoms with Gasteiger partial charge in [-0.05, 0) is 39.0 Å². The quantitative estimate of drug-likeness (QED) is 0.0952. The summed E-state index contributed by atoms with van der Waals surface area (Å²) in [6.07, 6.45) is 29.2. The molecule has 0 aromatic carbocycles. The zero-order chi connectivity index (χ0) is 24.9. The topological polar surface area (TPSA) is 41.5 Å². The minimum atomic E-state index is 0.0595. The van der Waals surface area contributed by atoms with Crippen molar-refractivity contribution in [2.75, 3.05) is 19.6 Å². The Balaban J connectivity index is 1.96. The molecule has 4 nitrogen and oxygen atoms in total. The molecule has 0 bridgehead atoms. The van der Waals surface area contributed by atoms with E-state index < -0.39 is 0 Å². The number of nitrogens with one attached hydrogen (secondary N) is 1. The molecule has 2 atom stereocenters. The zero-order valence-corrected chi connectivity index (χ0v) is 23.4. The van der Waals surface area contributed by atoms with Gasteiger partial charge in [-0.2, -0.15) is 0 Å². The van der Waals surface area contributed by atoms with Crippen molar-refractivity contribution in [3.8, 4) is 0 Å². The number of amides is 1. The Labute approximate surface area is 212 Å². The number of quaternary nitrogens is 1. The van der Waals surface area contributed by atoms with E-state index in [1.54, 1.807) is 6.92 Å². The number of likely N-dealkylation sites (N-methyl/N-ethyl adjacent to an activating group) is 1. The van der Waals surface area contributed by atoms with Crippen LogP contribution in [-0.2, 0) is 4.79 Å². The number of carbonyl (C=O) groups is 1. The molecular formula is C30H58N3O+. The van der Waals surface area contributed by atoms with E-state index in [-0.39, 0.29) is 12.1 Å². The molecule has 2 unspecified atom stereocenters. The monoisotopic (exact) mass is 476 g/mol. The first-order chi connectivity index (χ1) is 16.6. The summed E-state index contributed by atoms with van der Waals surface area (Å²) < 4.78 is 0.854. The van der Waals surface area contributed by atoms with Crippen LogP contribution in [0.15, 0.2) is 17.1 Å². The number of hydrogen-bond acceptors (Lipinski definition) is 2. The van der Waals surface area contributed by atoms with Crippen molar-refractivity contribution in [2.24, 2.45) is 4.99 Å². The van der Waals surface area contributed by atoms with Gasteiger partial charge in [0, 0.05) is 20.3 Å². The lowest BCUT2D eigenvalue weighted by Gasteiger charge is -2.39. The van der Waals surface area contributed by atoms with E-state index in [9.17, 15) is 4.79 Å². The van der Waals surface area contributed by atoms with Crippen molar-refractivity contribution in [1.82, 2.24) is 5.32 Å². The largest absolute Gasteiger partial charge is 0.307 e. The molecule has 4 heteroatoms. The molecule has 1 N–H and O–H groups in total. The highest BCUT2D eigenvalue weighted by Gasteiger charge is 2.41. The molecule has 0 spiro atoms. The maximum atomic E-state index is 11.6. The first kappa shape index (κ1) is 30.9. The number of allylic oxidation sites excluding steroid dienone is 2. The number of unbranched alkanes of at least 4 members (excludes halogenated alkanes) is 15. The Morgan fingerprint density at radius 3 is 1.85 bits per heavy atom. The van der Waals surface area contributed by atoms with Gasteiger partial charge in [0.15, 0.2) is 12.0 Å². The molecule has 0 aliphatic carbocycles. The number of amidine groups is 1. The average molecular weight is 477 g/mol. The number of rotatable bonds is 22. The van der Waals surface area contributed by atoms with Crippen LogP contribution in [0.25, 0.3) is 0 Å². The third-order valence-corrected chi connectivity index (χ3v) is 7.69. The molecule has 34 heavy (non-hydrogen) atoms. The van der Waals surface area contributed by atoms with Gasteiger partial charge in [0.25, 0.3) is 0 Å².